The molecule has 0 aliphatic rings. The topological polar surface area (TPSA) is 113 Å². The van der Waals surface area contributed by atoms with E-state index in [-0.39, 0.29) is 28.0 Å². The maximum Gasteiger partial charge on any atom is 0.258 e. The molecule has 0 spiro atoms. The maximum atomic E-state index is 14.8. The third-order valence-electron chi connectivity index (χ3n) is 4.16. The molecule has 0 saturated heterocycles. The molecule has 0 unspecified atom stereocenters. The number of hydrogen-bond donors (Lipinski definition) is 3. The van der Waals surface area contributed by atoms with Crippen LogP contribution in [0.3, 0.4) is 0 Å². The minimum atomic E-state index is -4.04. The van der Waals surface area contributed by atoms with Gasteiger partial charge in [0.15, 0.2) is 17.5 Å². The molecule has 0 atom stereocenters. The van der Waals surface area contributed by atoms with Gasteiger partial charge in [-0.15, -0.1) is 11.3 Å². The highest BCUT2D eigenvalue weighted by molar-refractivity contribution is 7.92. The summed E-state index contributed by atoms with van der Waals surface area (Å²) in [6.07, 6.45) is -1.48. The van der Waals surface area contributed by atoms with Crippen molar-refractivity contribution in [3.63, 3.8) is 0 Å². The van der Waals surface area contributed by atoms with Gasteiger partial charge in [-0.05, 0) is 6.42 Å². The monoisotopic (exact) mass is 509 g/mol. The predicted molar refractivity (Wildman–Crippen MR) is 114 cm³/mol. The zero-order valence-electron chi connectivity index (χ0n) is 16.8. The van der Waals surface area contributed by atoms with Crippen molar-refractivity contribution in [1.82, 2.24) is 9.97 Å². The fourth-order valence-electron chi connectivity index (χ4n) is 2.77. The van der Waals surface area contributed by atoms with Gasteiger partial charge in [0.05, 0.1) is 33.8 Å². The Kier molecular flexibility index (Phi) is 7.31. The van der Waals surface area contributed by atoms with Crippen LogP contribution in [0, 0.1) is 17.5 Å². The lowest BCUT2D eigenvalue weighted by Gasteiger charge is -2.13. The largest absolute Gasteiger partial charge is 0.363 e. The lowest BCUT2D eigenvalue weighted by atomic mass is 10.2. The normalized spacial score (nSPS) is 11.7. The van der Waals surface area contributed by atoms with E-state index in [1.54, 1.807) is 6.92 Å². The predicted octanol–water partition coefficient (Wildman–Crippen LogP) is 4.19. The van der Waals surface area contributed by atoms with E-state index in [2.05, 4.69) is 15.3 Å². The first kappa shape index (κ1) is 24.6. The minimum Gasteiger partial charge on any atom is -0.363 e. The highest BCUT2D eigenvalue weighted by atomic mass is 32.2. The molecule has 15 heteroatoms. The third kappa shape index (κ3) is 5.47. The Morgan fingerprint density at radius 2 is 1.91 bits per heavy atom. The molecule has 8 nitrogen and oxygen atoms in total. The molecule has 0 aliphatic carbocycles. The zero-order valence-corrected chi connectivity index (χ0v) is 18.4. The van der Waals surface area contributed by atoms with Gasteiger partial charge in [0.25, 0.3) is 12.3 Å². The van der Waals surface area contributed by atoms with Gasteiger partial charge in [-0.2, -0.15) is 0 Å². The molecule has 3 rings (SSSR count). The number of nitrogens with zero attached hydrogens (tertiary/aromatic N) is 2. The van der Waals surface area contributed by atoms with Crippen molar-refractivity contribution in [2.45, 2.75) is 19.8 Å². The number of hydrogen-bond acceptors (Lipinski definition) is 7. The Morgan fingerprint density at radius 3 is 2.58 bits per heavy atom. The van der Waals surface area contributed by atoms with Crippen molar-refractivity contribution in [3.8, 4) is 0 Å². The number of nitrogens with one attached hydrogen (secondary N) is 3. The van der Waals surface area contributed by atoms with E-state index in [0.29, 0.717) is 6.07 Å². The summed E-state index contributed by atoms with van der Waals surface area (Å²) < 4.78 is 93.9. The number of carbonyl (C=O) groups is 1. The molecule has 0 bridgehead atoms. The molecule has 3 aromatic rings. The van der Waals surface area contributed by atoms with Gasteiger partial charge in [-0.25, -0.2) is 40.3 Å². The second kappa shape index (κ2) is 9.82. The summed E-state index contributed by atoms with van der Waals surface area (Å²) >= 11 is 0.913. The molecule has 0 aliphatic heterocycles. The van der Waals surface area contributed by atoms with E-state index < -0.39 is 63.5 Å². The van der Waals surface area contributed by atoms with Crippen LogP contribution in [0.1, 0.15) is 23.7 Å². The Hall–Kier alpha value is -3.07. The fraction of sp³-hybridized carbons (Fsp3) is 0.278. The van der Waals surface area contributed by atoms with Crippen LogP contribution >= 0.6 is 11.3 Å². The number of sulfonamides is 1. The summed E-state index contributed by atoms with van der Waals surface area (Å²) in [7, 11) is -4.04. The standard InChI is InChI=1S/C18H16F5N5O3S2/c1-2-3-33(30,31)28-10-4-9(19)12(22)15(13(10)23)27-18(29)8-6-32-16-14(8)25-7-26-17(16)24-5-11(20)21/h4,6-7,11,28H,2-3,5H2,1H3,(H,27,29)(H,24,25,26). The van der Waals surface area contributed by atoms with Crippen LogP contribution in [0.25, 0.3) is 10.2 Å². The van der Waals surface area contributed by atoms with E-state index in [0.717, 1.165) is 17.7 Å². The van der Waals surface area contributed by atoms with E-state index in [9.17, 15) is 35.2 Å². The van der Waals surface area contributed by atoms with Crippen LogP contribution in [0.2, 0.25) is 0 Å². The second-order valence-corrected chi connectivity index (χ2v) is 9.33. The first-order valence-corrected chi connectivity index (χ1v) is 11.8. The molecule has 0 saturated carbocycles. The van der Waals surface area contributed by atoms with E-state index >= 15 is 0 Å². The van der Waals surface area contributed by atoms with Crippen LogP contribution in [-0.2, 0) is 10.0 Å². The van der Waals surface area contributed by atoms with Gasteiger partial charge >= 0.3 is 0 Å². The number of anilines is 3. The van der Waals surface area contributed by atoms with Crippen LogP contribution in [0.5, 0.6) is 0 Å². The van der Waals surface area contributed by atoms with Crippen molar-refractivity contribution < 1.29 is 35.2 Å². The van der Waals surface area contributed by atoms with E-state index in [4.69, 9.17) is 0 Å². The molecule has 0 fully saturated rings. The smallest absolute Gasteiger partial charge is 0.258 e. The van der Waals surface area contributed by atoms with Crippen molar-refractivity contribution in [2.24, 2.45) is 0 Å². The first-order valence-electron chi connectivity index (χ1n) is 9.27. The number of rotatable bonds is 9. The molecule has 178 valence electrons. The Balaban J connectivity index is 1.95. The molecule has 0 radical (unpaired) electrons. The Morgan fingerprint density at radius 1 is 1.18 bits per heavy atom. The summed E-state index contributed by atoms with van der Waals surface area (Å²) in [5.41, 5.74) is -2.27. The number of benzene rings is 1. The third-order valence-corrected chi connectivity index (χ3v) is 6.61. The summed E-state index contributed by atoms with van der Waals surface area (Å²) in [6, 6.07) is 0.321. The fourth-order valence-corrected chi connectivity index (χ4v) is 4.86. The lowest BCUT2D eigenvalue weighted by molar-refractivity contribution is 0.102. The molecule has 1 amide bonds. The number of fused-ring (bicyclic) bond motifs is 1. The van der Waals surface area contributed by atoms with Gasteiger partial charge in [0.2, 0.25) is 10.0 Å². The number of halogens is 5. The van der Waals surface area contributed by atoms with E-state index in [1.807, 2.05) is 10.0 Å². The maximum absolute atomic E-state index is 14.8. The number of alkyl halides is 2. The summed E-state index contributed by atoms with van der Waals surface area (Å²) in [5.74, 6) is -6.33. The van der Waals surface area contributed by atoms with Crippen molar-refractivity contribution >= 4 is 54.7 Å². The van der Waals surface area contributed by atoms with Crippen LogP contribution in [0.4, 0.5) is 39.1 Å². The lowest BCUT2D eigenvalue weighted by Crippen LogP contribution is -2.20. The summed E-state index contributed by atoms with van der Waals surface area (Å²) in [4.78, 5) is 20.4. The van der Waals surface area contributed by atoms with Gasteiger partial charge in [0, 0.05) is 11.4 Å². The average Bonchev–Trinajstić information content (AvgIpc) is 3.18. The van der Waals surface area contributed by atoms with Crippen LogP contribution in [-0.4, -0.2) is 43.0 Å². The number of amides is 1. The zero-order chi connectivity index (χ0) is 24.3. The van der Waals surface area contributed by atoms with Crippen molar-refractivity contribution in [2.75, 3.05) is 27.7 Å². The van der Waals surface area contributed by atoms with E-state index in [1.165, 1.54) is 5.38 Å². The summed E-state index contributed by atoms with van der Waals surface area (Å²) in [6.45, 7) is 0.845. The Bertz CT molecular complexity index is 1300. The molecule has 1 aromatic carbocycles. The quantitative estimate of drug-likeness (QED) is 0.295. The van der Waals surface area contributed by atoms with Gasteiger partial charge < -0.3 is 10.6 Å². The Labute approximate surface area is 188 Å². The number of carbonyl (C=O) groups excluding carboxylic acids is 1. The molecule has 33 heavy (non-hydrogen) atoms. The molecule has 3 N–H and O–H groups in total. The van der Waals surface area contributed by atoms with Crippen molar-refractivity contribution in [1.29, 1.82) is 0 Å². The SMILES string of the molecule is CCCS(=O)(=O)Nc1cc(F)c(F)c(NC(=O)c2csc3c(NCC(F)F)ncnc23)c1F. The molecule has 2 aromatic heterocycles. The number of thiophene rings is 1. The molecule has 2 heterocycles. The van der Waals surface area contributed by atoms with Crippen molar-refractivity contribution in [3.05, 3.63) is 40.8 Å². The van der Waals surface area contributed by atoms with Gasteiger partial charge in [0.1, 0.15) is 17.8 Å². The van der Waals surface area contributed by atoms with Crippen LogP contribution in [0.15, 0.2) is 17.8 Å². The minimum absolute atomic E-state index is 0.00496. The van der Waals surface area contributed by atoms with Gasteiger partial charge in [-0.3, -0.25) is 9.52 Å². The number of aromatic nitrogens is 2. The molecular weight excluding hydrogens is 493 g/mol. The highest BCUT2D eigenvalue weighted by Crippen LogP contribution is 2.32. The second-order valence-electron chi connectivity index (χ2n) is 6.61. The first-order chi connectivity index (χ1) is 15.5. The highest BCUT2D eigenvalue weighted by Gasteiger charge is 2.25. The summed E-state index contributed by atoms with van der Waals surface area (Å²) in [5, 5.41) is 5.53. The molecular formula is C18H16F5N5O3S2. The van der Waals surface area contributed by atoms with Gasteiger partial charge in [-0.1, -0.05) is 6.92 Å². The van der Waals surface area contributed by atoms with Crippen LogP contribution < -0.4 is 15.4 Å². The average molecular weight is 509 g/mol.